The Bertz CT molecular complexity index is 826. The molecule has 3 rings (SSSR count). The first kappa shape index (κ1) is 17.6. The van der Waals surface area contributed by atoms with Gasteiger partial charge in [0.15, 0.2) is 0 Å². The lowest BCUT2D eigenvalue weighted by Crippen LogP contribution is -2.26. The maximum Gasteiger partial charge on any atom is 0.335 e. The predicted octanol–water partition coefficient (Wildman–Crippen LogP) is 2.75. The zero-order valence-corrected chi connectivity index (χ0v) is 13.9. The lowest BCUT2D eigenvalue weighted by Gasteiger charge is -2.12. The third kappa shape index (κ3) is 4.25. The van der Waals surface area contributed by atoms with Crippen molar-refractivity contribution in [2.75, 3.05) is 17.2 Å². The van der Waals surface area contributed by atoms with Crippen molar-refractivity contribution in [2.24, 2.45) is 0 Å². The molecule has 1 aliphatic rings. The van der Waals surface area contributed by atoms with Crippen LogP contribution in [0.4, 0.5) is 11.4 Å². The van der Waals surface area contributed by atoms with Crippen molar-refractivity contribution in [2.45, 2.75) is 18.9 Å². The average molecular weight is 354 g/mol. The number of carbonyl (C=O) groups excluding carboxylic acids is 2. The van der Waals surface area contributed by atoms with Crippen LogP contribution >= 0.6 is 0 Å². The van der Waals surface area contributed by atoms with Crippen molar-refractivity contribution in [1.29, 1.82) is 0 Å². The van der Waals surface area contributed by atoms with Crippen molar-refractivity contribution in [3.8, 4) is 0 Å². The number of anilines is 2. The van der Waals surface area contributed by atoms with Gasteiger partial charge < -0.3 is 20.5 Å². The maximum atomic E-state index is 12.3. The second kappa shape index (κ2) is 7.79. The molecule has 7 heteroatoms. The summed E-state index contributed by atoms with van der Waals surface area (Å²) in [5.74, 6) is -1.62. The number of nitrogens with one attached hydrogen (secondary N) is 2. The van der Waals surface area contributed by atoms with E-state index < -0.39 is 12.1 Å². The van der Waals surface area contributed by atoms with E-state index in [-0.39, 0.29) is 17.4 Å². The SMILES string of the molecule is O=C(O)c1ccc(C(=O)Nc2cccc(NC(=O)[C@H]3CCCO3)c2)cc1. The number of amides is 2. The molecule has 1 saturated heterocycles. The fourth-order valence-corrected chi connectivity index (χ4v) is 2.65. The monoisotopic (exact) mass is 354 g/mol. The van der Waals surface area contributed by atoms with Crippen LogP contribution in [-0.2, 0) is 9.53 Å². The summed E-state index contributed by atoms with van der Waals surface area (Å²) < 4.78 is 5.34. The molecule has 3 N–H and O–H groups in total. The Morgan fingerprint density at radius 2 is 1.62 bits per heavy atom. The minimum atomic E-state index is -1.05. The van der Waals surface area contributed by atoms with Crippen molar-refractivity contribution < 1.29 is 24.2 Å². The summed E-state index contributed by atoms with van der Waals surface area (Å²) in [6.07, 6.45) is 1.14. The summed E-state index contributed by atoms with van der Waals surface area (Å²) in [5.41, 5.74) is 1.52. The second-order valence-electron chi connectivity index (χ2n) is 5.91. The molecule has 1 aliphatic heterocycles. The predicted molar refractivity (Wildman–Crippen MR) is 95.4 cm³/mol. The van der Waals surface area contributed by atoms with Gasteiger partial charge in [0.25, 0.3) is 11.8 Å². The summed E-state index contributed by atoms with van der Waals surface area (Å²) >= 11 is 0. The van der Waals surface area contributed by atoms with Crippen molar-refractivity contribution in [3.05, 3.63) is 59.7 Å². The van der Waals surface area contributed by atoms with Crippen LogP contribution in [0.25, 0.3) is 0 Å². The van der Waals surface area contributed by atoms with Crippen LogP contribution < -0.4 is 10.6 Å². The molecule has 0 bridgehead atoms. The third-order valence-electron chi connectivity index (χ3n) is 4.00. The topological polar surface area (TPSA) is 105 Å². The van der Waals surface area contributed by atoms with Gasteiger partial charge in [0.2, 0.25) is 0 Å². The molecule has 0 unspecified atom stereocenters. The number of aromatic carboxylic acids is 1. The van der Waals surface area contributed by atoms with Gasteiger partial charge >= 0.3 is 5.97 Å². The van der Waals surface area contributed by atoms with Crippen LogP contribution in [0.3, 0.4) is 0 Å². The van der Waals surface area contributed by atoms with Crippen LogP contribution in [0.15, 0.2) is 48.5 Å². The summed E-state index contributed by atoms with van der Waals surface area (Å²) in [4.78, 5) is 35.2. The van der Waals surface area contributed by atoms with E-state index in [2.05, 4.69) is 10.6 Å². The van der Waals surface area contributed by atoms with Gasteiger partial charge in [-0.2, -0.15) is 0 Å². The first-order valence-electron chi connectivity index (χ1n) is 8.20. The van der Waals surface area contributed by atoms with E-state index in [0.717, 1.165) is 6.42 Å². The van der Waals surface area contributed by atoms with Crippen molar-refractivity contribution in [3.63, 3.8) is 0 Å². The standard InChI is InChI=1S/C19H18N2O5/c22-17(12-6-8-13(9-7-12)19(24)25)20-14-3-1-4-15(11-14)21-18(23)16-5-2-10-26-16/h1,3-4,6-9,11,16H,2,5,10H2,(H,20,22)(H,21,23)(H,24,25)/t16-/m1/s1. The lowest BCUT2D eigenvalue weighted by atomic mass is 10.1. The van der Waals surface area contributed by atoms with Gasteiger partial charge in [0.05, 0.1) is 5.56 Å². The fourth-order valence-electron chi connectivity index (χ4n) is 2.65. The molecule has 1 fully saturated rings. The van der Waals surface area contributed by atoms with Gasteiger partial charge in [-0.25, -0.2) is 4.79 Å². The molecule has 0 radical (unpaired) electrons. The highest BCUT2D eigenvalue weighted by atomic mass is 16.5. The average Bonchev–Trinajstić information content (AvgIpc) is 3.17. The molecule has 1 atom stereocenters. The van der Waals surface area contributed by atoms with E-state index in [4.69, 9.17) is 9.84 Å². The Hall–Kier alpha value is -3.19. The zero-order chi connectivity index (χ0) is 18.5. The lowest BCUT2D eigenvalue weighted by molar-refractivity contribution is -0.124. The largest absolute Gasteiger partial charge is 0.478 e. The molecule has 2 aromatic rings. The van der Waals surface area contributed by atoms with Crippen LogP contribution in [-0.4, -0.2) is 35.6 Å². The minimum Gasteiger partial charge on any atom is -0.478 e. The quantitative estimate of drug-likeness (QED) is 0.766. The first-order valence-corrected chi connectivity index (χ1v) is 8.20. The molecular weight excluding hydrogens is 336 g/mol. The van der Waals surface area contributed by atoms with E-state index in [1.807, 2.05) is 0 Å². The molecule has 1 heterocycles. The number of carboxylic acid groups (broad SMARTS) is 1. The van der Waals surface area contributed by atoms with Crippen LogP contribution in [0.2, 0.25) is 0 Å². The molecule has 2 aromatic carbocycles. The third-order valence-corrected chi connectivity index (χ3v) is 4.00. The summed E-state index contributed by atoms with van der Waals surface area (Å²) in [6, 6.07) is 12.4. The van der Waals surface area contributed by atoms with Crippen LogP contribution in [0.1, 0.15) is 33.6 Å². The van der Waals surface area contributed by atoms with Crippen LogP contribution in [0.5, 0.6) is 0 Å². The number of hydrogen-bond acceptors (Lipinski definition) is 4. The number of ether oxygens (including phenoxy) is 1. The second-order valence-corrected chi connectivity index (χ2v) is 5.91. The number of rotatable bonds is 5. The number of benzene rings is 2. The molecule has 26 heavy (non-hydrogen) atoms. The smallest absolute Gasteiger partial charge is 0.335 e. The Labute approximate surface area is 150 Å². The van der Waals surface area contributed by atoms with Gasteiger partial charge in [-0.1, -0.05) is 6.07 Å². The molecule has 0 saturated carbocycles. The highest BCUT2D eigenvalue weighted by Crippen LogP contribution is 2.19. The molecule has 2 amide bonds. The molecular formula is C19H18N2O5. The highest BCUT2D eigenvalue weighted by Gasteiger charge is 2.23. The first-order chi connectivity index (χ1) is 12.5. The minimum absolute atomic E-state index is 0.111. The van der Waals surface area contributed by atoms with E-state index in [1.54, 1.807) is 24.3 Å². The van der Waals surface area contributed by atoms with E-state index in [1.165, 1.54) is 24.3 Å². The van der Waals surface area contributed by atoms with E-state index in [0.29, 0.717) is 30.0 Å². The van der Waals surface area contributed by atoms with Crippen LogP contribution in [0, 0.1) is 0 Å². The summed E-state index contributed by atoms with van der Waals surface area (Å²) in [6.45, 7) is 0.592. The summed E-state index contributed by atoms with van der Waals surface area (Å²) in [5, 5.41) is 14.4. The van der Waals surface area contributed by atoms with E-state index in [9.17, 15) is 14.4 Å². The van der Waals surface area contributed by atoms with Gasteiger partial charge in [-0.15, -0.1) is 0 Å². The Morgan fingerprint density at radius 1 is 0.962 bits per heavy atom. The number of carbonyl (C=O) groups is 3. The molecule has 0 aliphatic carbocycles. The van der Waals surface area contributed by atoms with Gasteiger partial charge in [-0.05, 0) is 55.3 Å². The van der Waals surface area contributed by atoms with Crippen molar-refractivity contribution in [1.82, 2.24) is 0 Å². The normalized spacial score (nSPS) is 16.1. The molecule has 0 aromatic heterocycles. The van der Waals surface area contributed by atoms with Gasteiger partial charge in [0, 0.05) is 23.5 Å². The van der Waals surface area contributed by atoms with E-state index >= 15 is 0 Å². The Balaban J connectivity index is 1.65. The fraction of sp³-hybridized carbons (Fsp3) is 0.211. The van der Waals surface area contributed by atoms with Crippen molar-refractivity contribution >= 4 is 29.2 Å². The maximum absolute atomic E-state index is 12.3. The number of hydrogen-bond donors (Lipinski definition) is 3. The zero-order valence-electron chi connectivity index (χ0n) is 13.9. The van der Waals surface area contributed by atoms with Gasteiger partial charge in [0.1, 0.15) is 6.10 Å². The molecule has 134 valence electrons. The Morgan fingerprint density at radius 3 is 2.23 bits per heavy atom. The highest BCUT2D eigenvalue weighted by molar-refractivity contribution is 6.05. The number of carboxylic acids is 1. The Kier molecular flexibility index (Phi) is 5.28. The molecule has 7 nitrogen and oxygen atoms in total. The summed E-state index contributed by atoms with van der Waals surface area (Å²) in [7, 11) is 0. The molecule has 0 spiro atoms. The van der Waals surface area contributed by atoms with Gasteiger partial charge in [-0.3, -0.25) is 9.59 Å².